The van der Waals surface area contributed by atoms with Crippen LogP contribution in [0.25, 0.3) is 22.3 Å². The maximum atomic E-state index is 12.7. The van der Waals surface area contributed by atoms with E-state index in [1.165, 1.54) is 33.4 Å². The quantitative estimate of drug-likeness (QED) is 0.0344. The number of aliphatic hydroxyl groups is 3. The Kier molecular flexibility index (Phi) is 11.1. The van der Waals surface area contributed by atoms with E-state index < -0.39 is 91.3 Å². The van der Waals surface area contributed by atoms with Gasteiger partial charge in [0.05, 0.1) is 26.6 Å². The molecule has 0 aromatic carbocycles. The minimum atomic E-state index is -5.98. The first-order chi connectivity index (χ1) is 25.3. The van der Waals surface area contributed by atoms with Crippen molar-refractivity contribution >= 4 is 57.6 Å². The summed E-state index contributed by atoms with van der Waals surface area (Å²) in [7, 11) is -15.8. The molecular formula is C24H32N10O17P3+. The molecule has 4 aromatic heterocycles. The lowest BCUT2D eigenvalue weighted by molar-refractivity contribution is -0.745. The molecule has 11 N–H and O–H groups in total. The third kappa shape index (κ3) is 8.10. The van der Waals surface area contributed by atoms with E-state index in [2.05, 4.69) is 44.0 Å². The molecule has 4 aromatic rings. The van der Waals surface area contributed by atoms with Gasteiger partial charge in [-0.15, -0.1) is 6.42 Å². The van der Waals surface area contributed by atoms with Crippen molar-refractivity contribution in [2.75, 3.05) is 31.3 Å². The first-order valence-corrected chi connectivity index (χ1v) is 19.6. The Morgan fingerprint density at radius 3 is 2.31 bits per heavy atom. The molecule has 0 amide bonds. The average molecular weight is 825 g/mol. The molecule has 294 valence electrons. The number of terminal acetylenes is 1. The average Bonchev–Trinajstić information content (AvgIpc) is 3.80. The van der Waals surface area contributed by atoms with E-state index in [4.69, 9.17) is 36.6 Å². The van der Waals surface area contributed by atoms with Gasteiger partial charge in [0, 0.05) is 0 Å². The maximum Gasteiger partial charge on any atom is 0.490 e. The molecule has 2 aliphatic rings. The van der Waals surface area contributed by atoms with Gasteiger partial charge >= 0.3 is 29.1 Å². The summed E-state index contributed by atoms with van der Waals surface area (Å²) in [5.74, 6) is 1.93. The van der Waals surface area contributed by atoms with E-state index in [9.17, 15) is 48.5 Å². The van der Waals surface area contributed by atoms with E-state index >= 15 is 0 Å². The number of H-pyrrole nitrogens is 1. The Bertz CT molecular complexity index is 2300. The number of ether oxygens (including phenoxy) is 3. The van der Waals surface area contributed by atoms with Crippen molar-refractivity contribution in [2.24, 2.45) is 7.05 Å². The van der Waals surface area contributed by atoms with Crippen molar-refractivity contribution in [3.05, 3.63) is 29.3 Å². The lowest BCUT2D eigenvalue weighted by atomic mass is 10.1. The predicted octanol–water partition coefficient (Wildman–Crippen LogP) is -3.18. The summed E-state index contributed by atoms with van der Waals surface area (Å²) in [6, 6.07) is 0. The fourth-order valence-corrected chi connectivity index (χ4v) is 9.22. The number of aromatic nitrogens is 8. The number of aryl methyl sites for hydroxylation is 1. The predicted molar refractivity (Wildman–Crippen MR) is 174 cm³/mol. The molecule has 0 radical (unpaired) electrons. The van der Waals surface area contributed by atoms with Crippen LogP contribution in [0, 0.1) is 12.3 Å². The Labute approximate surface area is 300 Å². The van der Waals surface area contributed by atoms with Crippen LogP contribution in [0.4, 0.5) is 11.8 Å². The fourth-order valence-electron chi connectivity index (χ4n) is 5.70. The molecule has 30 heteroatoms. The highest BCUT2D eigenvalue weighted by Gasteiger charge is 2.51. The third-order valence-corrected chi connectivity index (χ3v) is 12.2. The smallest absolute Gasteiger partial charge is 0.387 e. The standard InChI is InChI=1S/C24H31N10O17P3/c1-3-4-45-17-11(49-23(16(17)37)34-9-32(2)13-20(34)30-24(26)31-21(13)38)6-47-53(41,42)51-54(43,44)50-52(39,40)46-5-10-14(35)15(36)22(48-10)33-8-29-12-18(25)27-7-28-19(12)33/h1,7-11,14-17,22-23,35-37H,4-6H2,2H3,(H7-,25,26,27,28,30,31,38,39,40,41,42,43,44)/p+1/t10-,11-,14-,15-,16-,17-,22-,23-/m1/s1. The number of nitrogens with zero attached hydrogens (tertiary/aromatic N) is 7. The van der Waals surface area contributed by atoms with Crippen LogP contribution in [0.1, 0.15) is 12.5 Å². The van der Waals surface area contributed by atoms with Crippen LogP contribution in [0.3, 0.4) is 0 Å². The molecule has 54 heavy (non-hydrogen) atoms. The number of fused-ring (bicyclic) bond motifs is 2. The molecule has 2 saturated heterocycles. The highest BCUT2D eigenvalue weighted by molar-refractivity contribution is 7.66. The second-order valence-corrected chi connectivity index (χ2v) is 16.2. The molecular weight excluding hydrogens is 793 g/mol. The topological polar surface area (TPSA) is 387 Å². The van der Waals surface area contributed by atoms with Gasteiger partial charge in [0.15, 0.2) is 24.0 Å². The van der Waals surface area contributed by atoms with Gasteiger partial charge < -0.3 is 55.7 Å². The summed E-state index contributed by atoms with van der Waals surface area (Å²) in [5, 5.41) is 32.1. The molecule has 27 nitrogen and oxygen atoms in total. The second kappa shape index (κ2) is 15.0. The third-order valence-electron chi connectivity index (χ3n) is 7.95. The van der Waals surface area contributed by atoms with Gasteiger partial charge in [0.25, 0.3) is 11.5 Å². The normalized spacial score (nSPS) is 29.2. The Morgan fingerprint density at radius 2 is 1.65 bits per heavy atom. The van der Waals surface area contributed by atoms with Crippen LogP contribution in [0.5, 0.6) is 0 Å². The lowest BCUT2D eigenvalue weighted by Crippen LogP contribution is -2.46. The fraction of sp³-hybridized carbons (Fsp3) is 0.500. The van der Waals surface area contributed by atoms with Crippen molar-refractivity contribution in [1.29, 1.82) is 0 Å². The summed E-state index contributed by atoms with van der Waals surface area (Å²) in [5.41, 5.74) is 11.1. The number of aliphatic hydroxyl groups excluding tert-OH is 3. The van der Waals surface area contributed by atoms with Crippen LogP contribution in [-0.2, 0) is 52.6 Å². The van der Waals surface area contributed by atoms with Gasteiger partial charge in [0.1, 0.15) is 55.1 Å². The van der Waals surface area contributed by atoms with E-state index in [0.717, 1.165) is 6.33 Å². The summed E-state index contributed by atoms with van der Waals surface area (Å²) < 4.78 is 76.0. The zero-order valence-electron chi connectivity index (χ0n) is 27.4. The number of imidazole rings is 2. The first kappa shape index (κ1) is 39.9. The van der Waals surface area contributed by atoms with Gasteiger partial charge in [-0.3, -0.25) is 28.0 Å². The van der Waals surface area contributed by atoms with E-state index in [1.807, 2.05) is 0 Å². The van der Waals surface area contributed by atoms with E-state index in [-0.39, 0.29) is 40.7 Å². The highest BCUT2D eigenvalue weighted by atomic mass is 31.3. The van der Waals surface area contributed by atoms with Crippen molar-refractivity contribution < 1.29 is 80.1 Å². The number of nitrogen functional groups attached to an aromatic ring is 2. The molecule has 11 atom stereocenters. The van der Waals surface area contributed by atoms with Crippen LogP contribution in [-0.4, -0.2) is 120 Å². The number of nitrogens with one attached hydrogen (secondary N) is 1. The first-order valence-electron chi connectivity index (χ1n) is 15.1. The minimum absolute atomic E-state index is 0.0101. The van der Waals surface area contributed by atoms with Crippen molar-refractivity contribution in [3.8, 4) is 12.3 Å². The van der Waals surface area contributed by atoms with E-state index in [0.29, 0.717) is 0 Å². The largest absolute Gasteiger partial charge is 0.490 e. The summed E-state index contributed by atoms with van der Waals surface area (Å²) in [6.07, 6.45) is -3.23. The molecule has 3 unspecified atom stereocenters. The molecule has 0 bridgehead atoms. The highest BCUT2D eigenvalue weighted by Crippen LogP contribution is 2.67. The van der Waals surface area contributed by atoms with Crippen molar-refractivity contribution in [2.45, 2.75) is 49.1 Å². The van der Waals surface area contributed by atoms with Crippen LogP contribution < -0.4 is 21.6 Å². The van der Waals surface area contributed by atoms with E-state index in [1.54, 1.807) is 0 Å². The zero-order valence-corrected chi connectivity index (χ0v) is 30.0. The van der Waals surface area contributed by atoms with Crippen LogP contribution in [0.2, 0.25) is 0 Å². The molecule has 2 fully saturated rings. The van der Waals surface area contributed by atoms with Crippen molar-refractivity contribution in [3.63, 3.8) is 0 Å². The van der Waals surface area contributed by atoms with Crippen molar-refractivity contribution in [1.82, 2.24) is 34.1 Å². The number of hydrogen-bond acceptors (Lipinski definition) is 20. The summed E-state index contributed by atoms with van der Waals surface area (Å²) in [6.45, 7) is -2.41. The molecule has 6 rings (SSSR count). The number of anilines is 2. The van der Waals surface area contributed by atoms with Gasteiger partial charge in [-0.25, -0.2) is 33.2 Å². The van der Waals surface area contributed by atoms with Gasteiger partial charge in [-0.05, 0) is 0 Å². The van der Waals surface area contributed by atoms with Gasteiger partial charge in [0.2, 0.25) is 11.7 Å². The summed E-state index contributed by atoms with van der Waals surface area (Å²) >= 11 is 0. The SMILES string of the molecule is C#CCO[C@H]1[C@@H](O)[C@H]([n+]2cn(C)c3c(=O)[nH]c(N)nc32)O[C@@H]1COP(=O)(O)OP(=O)(O)OP(=O)(O)OC[C@H]1O[C@@H](n2cnc3c(N)ncnc32)[C@H](O)[C@@H]1O. The zero-order chi connectivity index (χ0) is 39.3. The number of phosphoric acid groups is 3. The number of hydrogen-bond donors (Lipinski definition) is 9. The van der Waals surface area contributed by atoms with Crippen LogP contribution >= 0.6 is 23.5 Å². The Balaban J connectivity index is 1.07. The molecule has 0 spiro atoms. The van der Waals surface area contributed by atoms with Crippen LogP contribution in [0.15, 0.2) is 23.8 Å². The minimum Gasteiger partial charge on any atom is -0.387 e. The molecule has 2 aliphatic heterocycles. The number of aromatic amines is 1. The monoisotopic (exact) mass is 825 g/mol. The molecule has 6 heterocycles. The second-order valence-electron chi connectivity index (χ2n) is 11.6. The molecule has 0 aliphatic carbocycles. The number of nitrogens with two attached hydrogens (primary N) is 2. The Hall–Kier alpha value is -3.77. The van der Waals surface area contributed by atoms with Gasteiger partial charge in [-0.2, -0.15) is 8.62 Å². The maximum absolute atomic E-state index is 12.7. The summed E-state index contributed by atoms with van der Waals surface area (Å²) in [4.78, 5) is 61.0. The number of rotatable bonds is 14. The molecule has 0 saturated carbocycles. The van der Waals surface area contributed by atoms with Gasteiger partial charge in [-0.1, -0.05) is 10.9 Å². The lowest BCUT2D eigenvalue weighted by Gasteiger charge is -2.22. The Morgan fingerprint density at radius 1 is 0.981 bits per heavy atom. The number of phosphoric ester groups is 2.